The topological polar surface area (TPSA) is 91.4 Å². The van der Waals surface area contributed by atoms with Crippen molar-refractivity contribution in [1.29, 1.82) is 0 Å². The van der Waals surface area contributed by atoms with E-state index >= 15 is 0 Å². The molecule has 1 aliphatic rings. The second kappa shape index (κ2) is 7.13. The third-order valence-corrected chi connectivity index (χ3v) is 4.08. The third kappa shape index (κ3) is 3.52. The Bertz CT molecular complexity index is 898. The van der Waals surface area contributed by atoms with Crippen molar-refractivity contribution < 1.29 is 14.4 Å². The second-order valence-electron chi connectivity index (χ2n) is 6.30. The maximum Gasteiger partial charge on any atom is 0.323 e. The van der Waals surface area contributed by atoms with Gasteiger partial charge in [0.05, 0.1) is 16.8 Å². The van der Waals surface area contributed by atoms with Crippen LogP contribution in [0.5, 0.6) is 0 Å². The number of aromatic nitrogens is 1. The van der Waals surface area contributed by atoms with E-state index in [9.17, 15) is 14.4 Å². The van der Waals surface area contributed by atoms with Gasteiger partial charge in [0.25, 0.3) is 11.8 Å². The number of hydrogen-bond acceptors (Lipinski definition) is 4. The standard InChI is InChI=1S/C18H17ClN4O3/c1-10(2)9-23-16(24)12-6-5-11(8-13(12)17(23)25)21-18(26)22-14-4-3-7-20-15(14)19/h3-8,10H,9H2,1-2H3,(H2,21,22,26). The van der Waals surface area contributed by atoms with Gasteiger partial charge in [-0.3, -0.25) is 14.5 Å². The number of halogens is 1. The van der Waals surface area contributed by atoms with Gasteiger partial charge in [-0.15, -0.1) is 0 Å². The van der Waals surface area contributed by atoms with E-state index in [1.165, 1.54) is 17.2 Å². The Hall–Kier alpha value is -2.93. The summed E-state index contributed by atoms with van der Waals surface area (Å²) in [6.45, 7) is 4.23. The lowest BCUT2D eigenvalue weighted by Crippen LogP contribution is -2.33. The number of urea groups is 1. The summed E-state index contributed by atoms with van der Waals surface area (Å²) in [5.41, 5.74) is 1.39. The largest absolute Gasteiger partial charge is 0.323 e. The molecule has 1 aromatic heterocycles. The molecular weight excluding hydrogens is 356 g/mol. The number of carbonyl (C=O) groups is 3. The van der Waals surface area contributed by atoms with E-state index in [0.29, 0.717) is 23.5 Å². The van der Waals surface area contributed by atoms with Gasteiger partial charge < -0.3 is 10.6 Å². The minimum Gasteiger partial charge on any atom is -0.308 e. The van der Waals surface area contributed by atoms with Gasteiger partial charge >= 0.3 is 6.03 Å². The number of fused-ring (bicyclic) bond motifs is 1. The van der Waals surface area contributed by atoms with Gasteiger partial charge in [0.1, 0.15) is 0 Å². The van der Waals surface area contributed by atoms with E-state index in [0.717, 1.165) is 0 Å². The van der Waals surface area contributed by atoms with E-state index in [-0.39, 0.29) is 28.4 Å². The van der Waals surface area contributed by atoms with E-state index < -0.39 is 6.03 Å². The predicted octanol–water partition coefficient (Wildman–Crippen LogP) is 3.63. The zero-order valence-electron chi connectivity index (χ0n) is 14.2. The Labute approximate surface area is 155 Å². The highest BCUT2D eigenvalue weighted by atomic mass is 35.5. The number of hydrogen-bond donors (Lipinski definition) is 2. The van der Waals surface area contributed by atoms with Crippen LogP contribution in [-0.4, -0.2) is 34.3 Å². The van der Waals surface area contributed by atoms with Crippen LogP contribution in [0.2, 0.25) is 5.15 Å². The molecule has 0 unspecified atom stereocenters. The maximum absolute atomic E-state index is 12.5. The van der Waals surface area contributed by atoms with Gasteiger partial charge in [-0.2, -0.15) is 0 Å². The number of carbonyl (C=O) groups excluding carboxylic acids is 3. The first kappa shape index (κ1) is 17.9. The van der Waals surface area contributed by atoms with Crippen LogP contribution >= 0.6 is 11.6 Å². The van der Waals surface area contributed by atoms with Crippen molar-refractivity contribution in [2.24, 2.45) is 5.92 Å². The van der Waals surface area contributed by atoms with Crippen LogP contribution in [0, 0.1) is 5.92 Å². The highest BCUT2D eigenvalue weighted by Gasteiger charge is 2.35. The van der Waals surface area contributed by atoms with Gasteiger partial charge in [-0.25, -0.2) is 9.78 Å². The SMILES string of the molecule is CC(C)CN1C(=O)c2ccc(NC(=O)Nc3cccnc3Cl)cc2C1=O. The van der Waals surface area contributed by atoms with Crippen LogP contribution in [-0.2, 0) is 0 Å². The second-order valence-corrected chi connectivity index (χ2v) is 6.65. The lowest BCUT2D eigenvalue weighted by atomic mass is 10.1. The molecule has 0 saturated carbocycles. The molecule has 4 amide bonds. The number of nitrogens with one attached hydrogen (secondary N) is 2. The van der Waals surface area contributed by atoms with Crippen molar-refractivity contribution in [3.8, 4) is 0 Å². The molecule has 0 fully saturated rings. The Morgan fingerprint density at radius 3 is 2.58 bits per heavy atom. The van der Waals surface area contributed by atoms with Gasteiger partial charge in [0, 0.05) is 18.4 Å². The molecule has 0 spiro atoms. The molecule has 2 heterocycles. The quantitative estimate of drug-likeness (QED) is 0.633. The lowest BCUT2D eigenvalue weighted by molar-refractivity contribution is 0.0636. The molecule has 1 aromatic carbocycles. The first-order valence-corrected chi connectivity index (χ1v) is 8.43. The highest BCUT2D eigenvalue weighted by Crippen LogP contribution is 2.27. The summed E-state index contributed by atoms with van der Waals surface area (Å²) in [5.74, 6) is -0.486. The van der Waals surface area contributed by atoms with Crippen molar-refractivity contribution >= 4 is 40.8 Å². The molecule has 0 radical (unpaired) electrons. The fraction of sp³-hybridized carbons (Fsp3) is 0.222. The number of benzene rings is 1. The number of imide groups is 1. The summed E-state index contributed by atoms with van der Waals surface area (Å²) in [4.78, 5) is 42.0. The molecule has 2 aromatic rings. The molecule has 134 valence electrons. The summed E-state index contributed by atoms with van der Waals surface area (Å²) in [7, 11) is 0. The maximum atomic E-state index is 12.5. The molecule has 8 heteroatoms. The van der Waals surface area contributed by atoms with Crippen molar-refractivity contribution in [3.05, 3.63) is 52.8 Å². The zero-order chi connectivity index (χ0) is 18.8. The van der Waals surface area contributed by atoms with Crippen molar-refractivity contribution in [2.45, 2.75) is 13.8 Å². The molecule has 1 aliphatic heterocycles. The van der Waals surface area contributed by atoms with Crippen LogP contribution in [0.15, 0.2) is 36.5 Å². The summed E-state index contributed by atoms with van der Waals surface area (Å²) >= 11 is 5.90. The van der Waals surface area contributed by atoms with Crippen molar-refractivity contribution in [2.75, 3.05) is 17.2 Å². The van der Waals surface area contributed by atoms with Gasteiger partial charge in [-0.05, 0) is 36.2 Å². The number of anilines is 2. The minimum absolute atomic E-state index is 0.168. The zero-order valence-corrected chi connectivity index (χ0v) is 15.0. The molecule has 0 saturated heterocycles. The lowest BCUT2D eigenvalue weighted by Gasteiger charge is -2.15. The van der Waals surface area contributed by atoms with E-state index in [4.69, 9.17) is 11.6 Å². The summed E-state index contributed by atoms with van der Waals surface area (Å²) in [6.07, 6.45) is 1.51. The molecule has 3 rings (SSSR count). The smallest absolute Gasteiger partial charge is 0.308 e. The minimum atomic E-state index is -0.532. The Kier molecular flexibility index (Phi) is 4.90. The first-order valence-electron chi connectivity index (χ1n) is 8.05. The Morgan fingerprint density at radius 2 is 1.88 bits per heavy atom. The van der Waals surface area contributed by atoms with Crippen LogP contribution in [0.4, 0.5) is 16.2 Å². The summed E-state index contributed by atoms with van der Waals surface area (Å²) in [6, 6.07) is 7.35. The van der Waals surface area contributed by atoms with Gasteiger partial charge in [0.15, 0.2) is 5.15 Å². The monoisotopic (exact) mass is 372 g/mol. The number of pyridine rings is 1. The number of rotatable bonds is 4. The fourth-order valence-electron chi connectivity index (χ4n) is 2.66. The summed E-state index contributed by atoms with van der Waals surface area (Å²) in [5, 5.41) is 5.36. The van der Waals surface area contributed by atoms with E-state index in [1.807, 2.05) is 13.8 Å². The van der Waals surface area contributed by atoms with E-state index in [1.54, 1.807) is 24.3 Å². The molecular formula is C18H17ClN4O3. The van der Waals surface area contributed by atoms with Gasteiger partial charge in [0.2, 0.25) is 0 Å². The van der Waals surface area contributed by atoms with Crippen LogP contribution in [0.25, 0.3) is 0 Å². The molecule has 0 bridgehead atoms. The average molecular weight is 373 g/mol. The highest BCUT2D eigenvalue weighted by molar-refractivity contribution is 6.32. The normalized spacial score (nSPS) is 13.2. The summed E-state index contributed by atoms with van der Waals surface area (Å²) < 4.78 is 0. The number of amides is 4. The molecule has 2 N–H and O–H groups in total. The van der Waals surface area contributed by atoms with Crippen molar-refractivity contribution in [1.82, 2.24) is 9.88 Å². The Balaban J connectivity index is 1.75. The van der Waals surface area contributed by atoms with Crippen LogP contribution in [0.1, 0.15) is 34.6 Å². The number of nitrogens with zero attached hydrogens (tertiary/aromatic N) is 2. The van der Waals surface area contributed by atoms with Crippen LogP contribution in [0.3, 0.4) is 0 Å². The molecule has 26 heavy (non-hydrogen) atoms. The van der Waals surface area contributed by atoms with Gasteiger partial charge in [-0.1, -0.05) is 25.4 Å². The first-order chi connectivity index (χ1) is 12.4. The third-order valence-electron chi connectivity index (χ3n) is 3.78. The Morgan fingerprint density at radius 1 is 1.15 bits per heavy atom. The average Bonchev–Trinajstić information content (AvgIpc) is 2.81. The van der Waals surface area contributed by atoms with E-state index in [2.05, 4.69) is 15.6 Å². The molecule has 0 aliphatic carbocycles. The van der Waals surface area contributed by atoms with Crippen LogP contribution < -0.4 is 10.6 Å². The molecule has 0 atom stereocenters. The fourth-order valence-corrected chi connectivity index (χ4v) is 2.83. The van der Waals surface area contributed by atoms with Crippen molar-refractivity contribution in [3.63, 3.8) is 0 Å². The molecule has 7 nitrogen and oxygen atoms in total. The predicted molar refractivity (Wildman–Crippen MR) is 98.5 cm³/mol.